The van der Waals surface area contributed by atoms with Crippen LogP contribution in [0.1, 0.15) is 28.3 Å². The fourth-order valence-electron chi connectivity index (χ4n) is 2.28. The maximum atomic E-state index is 13.4. The lowest BCUT2D eigenvalue weighted by Gasteiger charge is -2.07. The van der Waals surface area contributed by atoms with Gasteiger partial charge in [0.2, 0.25) is 0 Å². The van der Waals surface area contributed by atoms with Gasteiger partial charge in [-0.15, -0.1) is 11.3 Å². The van der Waals surface area contributed by atoms with E-state index in [1.54, 1.807) is 13.0 Å². The summed E-state index contributed by atoms with van der Waals surface area (Å²) in [4.78, 5) is 20.0. The molecule has 0 aliphatic rings. The van der Waals surface area contributed by atoms with E-state index in [1.165, 1.54) is 6.07 Å². The molecule has 2 aromatic heterocycles. The lowest BCUT2D eigenvalue weighted by Crippen LogP contribution is -2.14. The molecule has 0 atom stereocenters. The second kappa shape index (κ2) is 7.20. The maximum Gasteiger partial charge on any atom is 0.281 e. The Hall–Kier alpha value is -2.81. The molecule has 0 fully saturated rings. The van der Waals surface area contributed by atoms with Crippen LogP contribution in [0, 0.1) is 18.6 Å². The maximum absolute atomic E-state index is 13.4. The highest BCUT2D eigenvalue weighted by molar-refractivity contribution is 7.14. The molecule has 0 radical (unpaired) electrons. The molecule has 4 nitrogen and oxygen atoms in total. The molecule has 2 heterocycles. The van der Waals surface area contributed by atoms with E-state index in [1.807, 2.05) is 0 Å². The monoisotopic (exact) mass is 381 g/mol. The average molecular weight is 381 g/mol. The molecule has 134 valence electrons. The van der Waals surface area contributed by atoms with Gasteiger partial charge in [0.05, 0.1) is 0 Å². The van der Waals surface area contributed by atoms with Crippen molar-refractivity contribution < 1.29 is 22.4 Å². The number of anilines is 1. The van der Waals surface area contributed by atoms with Gasteiger partial charge in [-0.3, -0.25) is 10.1 Å². The van der Waals surface area contributed by atoms with Gasteiger partial charge in [-0.1, -0.05) is 0 Å². The number of carbonyl (C=O) groups is 1. The first kappa shape index (κ1) is 18.0. The van der Waals surface area contributed by atoms with Crippen molar-refractivity contribution in [3.8, 4) is 11.1 Å². The largest absolute Gasteiger partial charge is 0.296 e. The zero-order valence-corrected chi connectivity index (χ0v) is 14.1. The van der Waals surface area contributed by atoms with E-state index >= 15 is 0 Å². The van der Waals surface area contributed by atoms with Crippen LogP contribution in [0.4, 0.5) is 22.7 Å². The number of nitrogens with one attached hydrogen (secondary N) is 1. The van der Waals surface area contributed by atoms with Gasteiger partial charge in [0.25, 0.3) is 12.3 Å². The summed E-state index contributed by atoms with van der Waals surface area (Å²) in [7, 11) is 0. The van der Waals surface area contributed by atoms with Crippen LogP contribution in [0.5, 0.6) is 0 Å². The molecule has 0 saturated carbocycles. The molecule has 3 rings (SSSR count). The van der Waals surface area contributed by atoms with Crippen molar-refractivity contribution in [2.75, 3.05) is 5.32 Å². The third kappa shape index (κ3) is 4.05. The van der Waals surface area contributed by atoms with Gasteiger partial charge in [-0.2, -0.15) is 0 Å². The Morgan fingerprint density at radius 1 is 1.04 bits per heavy atom. The zero-order chi connectivity index (χ0) is 18.8. The third-order valence-corrected chi connectivity index (χ3v) is 4.12. The van der Waals surface area contributed by atoms with Crippen molar-refractivity contribution in [1.29, 1.82) is 0 Å². The lowest BCUT2D eigenvalue weighted by atomic mass is 10.0. The van der Waals surface area contributed by atoms with Crippen LogP contribution < -0.4 is 5.32 Å². The van der Waals surface area contributed by atoms with Gasteiger partial charge < -0.3 is 0 Å². The van der Waals surface area contributed by atoms with E-state index in [2.05, 4.69) is 15.3 Å². The number of benzene rings is 1. The highest BCUT2D eigenvalue weighted by atomic mass is 32.1. The Kier molecular flexibility index (Phi) is 4.99. The van der Waals surface area contributed by atoms with Crippen molar-refractivity contribution in [3.05, 3.63) is 64.4 Å². The minimum Gasteiger partial charge on any atom is -0.296 e. The molecular weight excluding hydrogens is 370 g/mol. The number of hydrogen-bond acceptors (Lipinski definition) is 4. The van der Waals surface area contributed by atoms with Crippen molar-refractivity contribution in [1.82, 2.24) is 9.97 Å². The third-order valence-electron chi connectivity index (χ3n) is 3.35. The molecule has 0 bridgehead atoms. The first-order valence-corrected chi connectivity index (χ1v) is 8.20. The summed E-state index contributed by atoms with van der Waals surface area (Å²) in [6.07, 6.45) is -2.73. The van der Waals surface area contributed by atoms with Crippen molar-refractivity contribution in [3.63, 3.8) is 0 Å². The lowest BCUT2D eigenvalue weighted by molar-refractivity contribution is 0.102. The fourth-order valence-corrected chi connectivity index (χ4v) is 2.97. The Bertz CT molecular complexity index is 954. The average Bonchev–Trinajstić information content (AvgIpc) is 3.02. The van der Waals surface area contributed by atoms with Crippen molar-refractivity contribution in [2.45, 2.75) is 13.3 Å². The summed E-state index contributed by atoms with van der Waals surface area (Å²) in [6.45, 7) is 1.62. The molecule has 1 aromatic carbocycles. The molecule has 1 N–H and O–H groups in total. The molecule has 0 saturated heterocycles. The molecule has 0 spiro atoms. The summed E-state index contributed by atoms with van der Waals surface area (Å²) < 4.78 is 52.0. The van der Waals surface area contributed by atoms with Crippen LogP contribution in [-0.4, -0.2) is 15.9 Å². The van der Waals surface area contributed by atoms with Crippen LogP contribution in [0.3, 0.4) is 0 Å². The van der Waals surface area contributed by atoms with E-state index in [0.717, 1.165) is 34.9 Å². The fraction of sp³-hybridized carbons (Fsp3) is 0.118. The molecule has 3 aromatic rings. The summed E-state index contributed by atoms with van der Waals surface area (Å²) in [5.74, 6) is -2.16. The topological polar surface area (TPSA) is 54.9 Å². The number of rotatable bonds is 4. The predicted octanol–water partition coefficient (Wildman–Crippen LogP) is 4.98. The molecule has 0 aliphatic heterocycles. The Morgan fingerprint density at radius 2 is 1.69 bits per heavy atom. The molecule has 0 aliphatic carbocycles. The van der Waals surface area contributed by atoms with E-state index in [9.17, 15) is 22.4 Å². The Balaban J connectivity index is 1.90. The summed E-state index contributed by atoms with van der Waals surface area (Å²) in [5, 5.41) is 3.54. The van der Waals surface area contributed by atoms with Gasteiger partial charge in [0.1, 0.15) is 23.0 Å². The number of nitrogens with zero attached hydrogens (tertiary/aromatic N) is 2. The number of pyridine rings is 1. The second-order valence-electron chi connectivity index (χ2n) is 5.37. The normalized spacial score (nSPS) is 11.0. The summed E-state index contributed by atoms with van der Waals surface area (Å²) in [6, 6.07) is 5.94. The van der Waals surface area contributed by atoms with Gasteiger partial charge >= 0.3 is 0 Å². The standard InChI is InChI=1S/C17H11F4N3OS/c1-8-2-9(10-3-11(18)6-12(19)4-10)5-13(22-8)16(25)24-17-23-14(7-26-17)15(20)21/h2-7,15H,1H3,(H,23,24,25). The highest BCUT2D eigenvalue weighted by Crippen LogP contribution is 2.26. The minimum atomic E-state index is -2.73. The SMILES string of the molecule is Cc1cc(-c2cc(F)cc(F)c2)cc(C(=O)Nc2nc(C(F)F)cs2)n1. The van der Waals surface area contributed by atoms with Crippen molar-refractivity contribution in [2.24, 2.45) is 0 Å². The van der Waals surface area contributed by atoms with E-state index in [-0.39, 0.29) is 16.4 Å². The van der Waals surface area contributed by atoms with E-state index < -0.39 is 29.7 Å². The highest BCUT2D eigenvalue weighted by Gasteiger charge is 2.16. The number of aryl methyl sites for hydroxylation is 1. The van der Waals surface area contributed by atoms with Crippen LogP contribution >= 0.6 is 11.3 Å². The van der Waals surface area contributed by atoms with Gasteiger partial charge in [-0.25, -0.2) is 27.5 Å². The number of amides is 1. The van der Waals surface area contributed by atoms with Crippen LogP contribution in [0.25, 0.3) is 11.1 Å². The smallest absolute Gasteiger partial charge is 0.281 e. The number of aromatic nitrogens is 2. The predicted molar refractivity (Wildman–Crippen MR) is 89.4 cm³/mol. The van der Waals surface area contributed by atoms with Crippen LogP contribution in [0.2, 0.25) is 0 Å². The second-order valence-corrected chi connectivity index (χ2v) is 6.23. The molecular formula is C17H11F4N3OS. The zero-order valence-electron chi connectivity index (χ0n) is 13.3. The van der Waals surface area contributed by atoms with Crippen LogP contribution in [-0.2, 0) is 0 Å². The Labute approximate surface area is 149 Å². The molecule has 0 unspecified atom stereocenters. The number of halogens is 4. The van der Waals surface area contributed by atoms with Gasteiger partial charge in [0.15, 0.2) is 5.13 Å². The Morgan fingerprint density at radius 3 is 2.31 bits per heavy atom. The number of alkyl halides is 2. The van der Waals surface area contributed by atoms with Gasteiger partial charge in [0, 0.05) is 17.1 Å². The van der Waals surface area contributed by atoms with E-state index in [0.29, 0.717) is 11.3 Å². The number of hydrogen-bond donors (Lipinski definition) is 1. The summed E-state index contributed by atoms with van der Waals surface area (Å²) >= 11 is 0.860. The van der Waals surface area contributed by atoms with Crippen molar-refractivity contribution >= 4 is 22.4 Å². The minimum absolute atomic E-state index is 0.00644. The summed E-state index contributed by atoms with van der Waals surface area (Å²) in [5.41, 5.74) is 0.631. The number of carbonyl (C=O) groups excluding carboxylic acids is 1. The molecule has 26 heavy (non-hydrogen) atoms. The quantitative estimate of drug-likeness (QED) is 0.649. The molecule has 1 amide bonds. The first-order valence-electron chi connectivity index (χ1n) is 7.32. The number of thiazole rings is 1. The molecule has 9 heteroatoms. The van der Waals surface area contributed by atoms with E-state index in [4.69, 9.17) is 0 Å². The van der Waals surface area contributed by atoms with Gasteiger partial charge in [-0.05, 0) is 42.3 Å². The first-order chi connectivity index (χ1) is 12.3. The van der Waals surface area contributed by atoms with Crippen LogP contribution in [0.15, 0.2) is 35.7 Å².